The third-order valence-corrected chi connectivity index (χ3v) is 9.05. The van der Waals surface area contributed by atoms with E-state index in [1.165, 1.54) is 80.9 Å². The number of aryl methyl sites for hydroxylation is 1. The Balaban J connectivity index is 1.09. The van der Waals surface area contributed by atoms with Crippen molar-refractivity contribution >= 4 is 54.6 Å². The molecule has 2 heterocycles. The second-order valence-electron chi connectivity index (χ2n) is 12.0. The summed E-state index contributed by atoms with van der Waals surface area (Å²) in [5.41, 5.74) is 7.65. The van der Waals surface area contributed by atoms with Crippen LogP contribution in [-0.4, -0.2) is 0 Å². The number of benzene rings is 5. The maximum Gasteiger partial charge on any atom is 0.143 e. The van der Waals surface area contributed by atoms with Crippen LogP contribution in [0.25, 0.3) is 65.8 Å². The lowest BCUT2D eigenvalue weighted by Crippen LogP contribution is -1.88. The van der Waals surface area contributed by atoms with Crippen LogP contribution in [0.15, 0.2) is 99.8 Å². The van der Waals surface area contributed by atoms with E-state index >= 15 is 0 Å². The van der Waals surface area contributed by atoms with E-state index in [4.69, 9.17) is 8.83 Å². The summed E-state index contributed by atoms with van der Waals surface area (Å²) in [4.78, 5) is 0. The van der Waals surface area contributed by atoms with Crippen LogP contribution in [0.1, 0.15) is 76.7 Å². The first-order chi connectivity index (χ1) is 20.8. The molecule has 5 aromatic carbocycles. The minimum absolute atomic E-state index is 0.921. The van der Waals surface area contributed by atoms with Gasteiger partial charge in [0.15, 0.2) is 0 Å². The van der Waals surface area contributed by atoms with E-state index in [-0.39, 0.29) is 0 Å². The van der Waals surface area contributed by atoms with Crippen molar-refractivity contribution in [2.45, 2.75) is 77.6 Å². The number of rotatable bonds is 12. The van der Waals surface area contributed by atoms with Gasteiger partial charge < -0.3 is 8.83 Å². The molecule has 0 fully saturated rings. The normalized spacial score (nSPS) is 12.0. The Hall–Kier alpha value is -4.04. The highest BCUT2D eigenvalue weighted by atomic mass is 16.3. The van der Waals surface area contributed by atoms with Crippen molar-refractivity contribution in [2.75, 3.05) is 0 Å². The van der Waals surface area contributed by atoms with Crippen molar-refractivity contribution in [1.29, 1.82) is 0 Å². The molecule has 0 saturated carbocycles. The Kier molecular flexibility index (Phi) is 7.70. The summed E-state index contributed by atoms with van der Waals surface area (Å²) in [5, 5.41) is 6.80. The van der Waals surface area contributed by atoms with Crippen LogP contribution >= 0.6 is 0 Å². The minimum atomic E-state index is 0.921. The van der Waals surface area contributed by atoms with Crippen LogP contribution in [0.3, 0.4) is 0 Å². The molecule has 0 saturated heterocycles. The zero-order chi connectivity index (χ0) is 28.3. The molecule has 0 spiro atoms. The van der Waals surface area contributed by atoms with Crippen molar-refractivity contribution in [2.24, 2.45) is 0 Å². The Morgan fingerprint density at radius 1 is 0.429 bits per heavy atom. The van der Waals surface area contributed by atoms with Gasteiger partial charge in [-0.05, 0) is 72.0 Å². The Morgan fingerprint density at radius 3 is 1.71 bits per heavy atom. The van der Waals surface area contributed by atoms with Gasteiger partial charge in [-0.2, -0.15) is 0 Å². The van der Waals surface area contributed by atoms with Crippen LogP contribution in [0.4, 0.5) is 0 Å². The van der Waals surface area contributed by atoms with E-state index in [2.05, 4.69) is 85.8 Å². The zero-order valence-corrected chi connectivity index (χ0v) is 24.8. The quantitative estimate of drug-likeness (QED) is 0.141. The minimum Gasteiger partial charge on any atom is -0.455 e. The third kappa shape index (κ3) is 5.20. The third-order valence-electron chi connectivity index (χ3n) is 9.05. The number of fused-ring (bicyclic) bond motifs is 9. The largest absolute Gasteiger partial charge is 0.455 e. The molecule has 0 amide bonds. The van der Waals surface area contributed by atoms with Crippen LogP contribution < -0.4 is 0 Å². The molecule has 7 aromatic rings. The van der Waals surface area contributed by atoms with Gasteiger partial charge in [-0.3, -0.25) is 0 Å². The van der Waals surface area contributed by atoms with Crippen molar-refractivity contribution < 1.29 is 8.83 Å². The summed E-state index contributed by atoms with van der Waals surface area (Å²) in [7, 11) is 0. The second-order valence-corrected chi connectivity index (χ2v) is 12.0. The SMILES string of the molecule is CCCCCCCCCCCCc1cccc(-c2ccc3oc4c(ccc5c4ccc4c6ccccc6oc45)c3c2)c1. The molecule has 0 aliphatic heterocycles. The number of furan rings is 2. The van der Waals surface area contributed by atoms with Crippen molar-refractivity contribution in [1.82, 2.24) is 0 Å². The molecule has 7 rings (SSSR count). The molecule has 212 valence electrons. The highest BCUT2D eigenvalue weighted by molar-refractivity contribution is 6.22. The number of hydrogen-bond acceptors (Lipinski definition) is 2. The molecule has 42 heavy (non-hydrogen) atoms. The van der Waals surface area contributed by atoms with Gasteiger partial charge in [0.2, 0.25) is 0 Å². The van der Waals surface area contributed by atoms with Gasteiger partial charge in [-0.15, -0.1) is 0 Å². The molecular weight excluding hydrogens is 512 g/mol. The molecule has 0 bridgehead atoms. The second kappa shape index (κ2) is 12.1. The highest BCUT2D eigenvalue weighted by Crippen LogP contribution is 2.40. The van der Waals surface area contributed by atoms with Crippen molar-refractivity contribution in [3.8, 4) is 11.1 Å². The first kappa shape index (κ1) is 26.8. The number of hydrogen-bond donors (Lipinski definition) is 0. The van der Waals surface area contributed by atoms with Gasteiger partial charge in [-0.1, -0.05) is 113 Å². The van der Waals surface area contributed by atoms with Crippen LogP contribution in [-0.2, 0) is 6.42 Å². The van der Waals surface area contributed by atoms with Gasteiger partial charge in [0.05, 0.1) is 0 Å². The first-order valence-electron chi connectivity index (χ1n) is 16.1. The Bertz CT molecular complexity index is 1990. The van der Waals surface area contributed by atoms with E-state index in [1.807, 2.05) is 12.1 Å². The molecule has 0 radical (unpaired) electrons. The Labute approximate surface area is 248 Å². The fourth-order valence-electron chi connectivity index (χ4n) is 6.72. The monoisotopic (exact) mass is 552 g/mol. The van der Waals surface area contributed by atoms with E-state index in [1.54, 1.807) is 0 Å². The molecule has 2 heteroatoms. The van der Waals surface area contributed by atoms with Crippen LogP contribution in [0.5, 0.6) is 0 Å². The molecule has 2 nitrogen and oxygen atoms in total. The summed E-state index contributed by atoms with van der Waals surface area (Å²) in [6, 6.07) is 32.7. The smallest absolute Gasteiger partial charge is 0.143 e. The molecule has 0 unspecified atom stereocenters. The molecule has 2 aromatic heterocycles. The molecular formula is C40H40O2. The summed E-state index contributed by atoms with van der Waals surface area (Å²) >= 11 is 0. The maximum atomic E-state index is 6.48. The molecule has 0 aliphatic carbocycles. The van der Waals surface area contributed by atoms with E-state index in [0.29, 0.717) is 0 Å². The number of para-hydroxylation sites is 1. The van der Waals surface area contributed by atoms with E-state index in [0.717, 1.165) is 61.1 Å². The van der Waals surface area contributed by atoms with Gasteiger partial charge in [0, 0.05) is 32.3 Å². The summed E-state index contributed by atoms with van der Waals surface area (Å²) in [6.07, 6.45) is 14.9. The summed E-state index contributed by atoms with van der Waals surface area (Å²) in [5.74, 6) is 0. The average Bonchev–Trinajstić information content (AvgIpc) is 3.60. The van der Waals surface area contributed by atoms with Crippen LogP contribution in [0, 0.1) is 0 Å². The van der Waals surface area contributed by atoms with Crippen molar-refractivity contribution in [3.05, 3.63) is 96.6 Å². The van der Waals surface area contributed by atoms with E-state index < -0.39 is 0 Å². The zero-order valence-electron chi connectivity index (χ0n) is 24.8. The van der Waals surface area contributed by atoms with Gasteiger partial charge in [0.25, 0.3) is 0 Å². The topological polar surface area (TPSA) is 26.3 Å². The maximum absolute atomic E-state index is 6.48. The molecule has 0 N–H and O–H groups in total. The number of unbranched alkanes of at least 4 members (excludes halogenated alkanes) is 9. The highest BCUT2D eigenvalue weighted by Gasteiger charge is 2.16. The molecule has 0 aliphatic rings. The van der Waals surface area contributed by atoms with Crippen molar-refractivity contribution in [3.63, 3.8) is 0 Å². The predicted octanol–water partition coefficient (Wildman–Crippen LogP) is 12.8. The van der Waals surface area contributed by atoms with Gasteiger partial charge in [0.1, 0.15) is 22.3 Å². The lowest BCUT2D eigenvalue weighted by atomic mass is 9.98. The standard InChI is InChI=1S/C40H40O2/c1-2-3-4-5-6-7-8-9-10-11-15-28-16-14-17-29(26-28)30-20-25-38-36(27-30)35-24-23-33-34(40(35)42-38)22-21-32-31-18-12-13-19-37(31)41-39(32)33/h12-14,16-27H,2-11,15H2,1H3. The Morgan fingerprint density at radius 2 is 1.00 bits per heavy atom. The predicted molar refractivity (Wildman–Crippen MR) is 179 cm³/mol. The fourth-order valence-corrected chi connectivity index (χ4v) is 6.72. The molecule has 0 atom stereocenters. The van der Waals surface area contributed by atoms with Gasteiger partial charge >= 0.3 is 0 Å². The summed E-state index contributed by atoms with van der Waals surface area (Å²) in [6.45, 7) is 2.29. The lowest BCUT2D eigenvalue weighted by molar-refractivity contribution is 0.556. The fraction of sp³-hybridized carbons (Fsp3) is 0.300. The first-order valence-corrected chi connectivity index (χ1v) is 16.1. The van der Waals surface area contributed by atoms with Gasteiger partial charge in [-0.25, -0.2) is 0 Å². The van der Waals surface area contributed by atoms with E-state index in [9.17, 15) is 0 Å². The summed E-state index contributed by atoms with van der Waals surface area (Å²) < 4.78 is 12.8. The average molecular weight is 553 g/mol. The van der Waals surface area contributed by atoms with Crippen LogP contribution in [0.2, 0.25) is 0 Å². The lowest BCUT2D eigenvalue weighted by Gasteiger charge is -2.07.